The fourth-order valence-corrected chi connectivity index (χ4v) is 9.77. The van der Waals surface area contributed by atoms with Crippen LogP contribution in [0.25, 0.3) is 22.5 Å². The highest BCUT2D eigenvalue weighted by Gasteiger charge is 2.31. The van der Waals surface area contributed by atoms with Gasteiger partial charge in [-0.25, -0.2) is 18.9 Å². The Bertz CT molecular complexity index is 3610. The monoisotopic (exact) mass is 1120 g/mol. The van der Waals surface area contributed by atoms with E-state index in [2.05, 4.69) is 30.2 Å². The molecule has 0 unspecified atom stereocenters. The Morgan fingerprint density at radius 2 is 1.31 bits per heavy atom. The molecule has 75 heavy (non-hydrogen) atoms. The number of nitrogens with zero attached hydrogens (tertiary/aromatic N) is 8. The third-order valence-electron chi connectivity index (χ3n) is 10.9. The Morgan fingerprint density at radius 3 is 1.79 bits per heavy atom. The molecule has 0 saturated heterocycles. The lowest BCUT2D eigenvalue weighted by atomic mass is 9.96. The summed E-state index contributed by atoms with van der Waals surface area (Å²) in [4.78, 5) is 107. The minimum atomic E-state index is -1.47. The van der Waals surface area contributed by atoms with Crippen molar-refractivity contribution in [2.45, 2.75) is 74.6 Å². The fraction of sp³-hybridized carbons (Fsp3) is 0.265. The summed E-state index contributed by atoms with van der Waals surface area (Å²) in [6.45, 7) is 11.9. The van der Waals surface area contributed by atoms with E-state index in [1.54, 1.807) is 78.1 Å². The van der Waals surface area contributed by atoms with Gasteiger partial charge in [-0.15, -0.1) is 22.7 Å². The lowest BCUT2D eigenvalue weighted by molar-refractivity contribution is 0.0675. The van der Waals surface area contributed by atoms with Crippen molar-refractivity contribution in [2.24, 2.45) is 10.8 Å². The van der Waals surface area contributed by atoms with Gasteiger partial charge in [0.15, 0.2) is 17.9 Å². The van der Waals surface area contributed by atoms with Crippen LogP contribution in [0.2, 0.25) is 8.67 Å². The van der Waals surface area contributed by atoms with Gasteiger partial charge in [0.1, 0.15) is 22.9 Å². The van der Waals surface area contributed by atoms with Crippen LogP contribution >= 0.6 is 57.4 Å². The molecular formula is C49H46Cl2N10O11S3. The highest BCUT2D eigenvalue weighted by atomic mass is 35.5. The van der Waals surface area contributed by atoms with Crippen molar-refractivity contribution < 1.29 is 43.4 Å². The van der Waals surface area contributed by atoms with Crippen molar-refractivity contribution in [3.8, 4) is 22.5 Å². The van der Waals surface area contributed by atoms with E-state index < -0.39 is 57.5 Å². The average molecular weight is 1120 g/mol. The summed E-state index contributed by atoms with van der Waals surface area (Å²) in [5.74, 6) is -3.91. The molecule has 0 amide bonds. The molecule has 21 nitrogen and oxygen atoms in total. The van der Waals surface area contributed by atoms with Gasteiger partial charge in [0, 0.05) is 61.5 Å². The summed E-state index contributed by atoms with van der Waals surface area (Å²) in [6, 6.07) is 12.7. The van der Waals surface area contributed by atoms with Gasteiger partial charge in [-0.3, -0.25) is 33.3 Å². The number of rotatable bonds is 16. The molecule has 0 aliphatic heterocycles. The molecule has 8 aromatic rings. The first-order valence-electron chi connectivity index (χ1n) is 22.4. The molecule has 0 fully saturated rings. The third kappa shape index (κ3) is 12.8. The molecule has 4 N–H and O–H groups in total. The number of ketones is 2. The van der Waals surface area contributed by atoms with Crippen LogP contribution in [0.5, 0.6) is 0 Å². The zero-order valence-corrected chi connectivity index (χ0v) is 44.9. The summed E-state index contributed by atoms with van der Waals surface area (Å²) in [6.07, 6.45) is 5.06. The van der Waals surface area contributed by atoms with Gasteiger partial charge in [0.2, 0.25) is 5.78 Å². The zero-order valence-electron chi connectivity index (χ0n) is 41.0. The Hall–Kier alpha value is -7.64. The van der Waals surface area contributed by atoms with Gasteiger partial charge in [-0.2, -0.15) is 19.6 Å². The molecule has 8 rings (SSSR count). The van der Waals surface area contributed by atoms with Crippen molar-refractivity contribution in [3.63, 3.8) is 0 Å². The summed E-state index contributed by atoms with van der Waals surface area (Å²) in [5, 5.41) is 36.5. The van der Waals surface area contributed by atoms with E-state index in [1.807, 2.05) is 12.1 Å². The van der Waals surface area contributed by atoms with E-state index in [0.717, 1.165) is 42.9 Å². The molecule has 0 saturated carbocycles. The van der Waals surface area contributed by atoms with Gasteiger partial charge >= 0.3 is 11.9 Å². The van der Waals surface area contributed by atoms with E-state index in [1.165, 1.54) is 56.7 Å². The fourth-order valence-electron chi connectivity index (χ4n) is 7.17. The minimum Gasteiger partial charge on any atom is -0.477 e. The Morgan fingerprint density at radius 1 is 0.733 bits per heavy atom. The summed E-state index contributed by atoms with van der Waals surface area (Å²) >= 11 is 15.9. The number of carbonyl (C=O) groups excluding carboxylic acids is 4. The van der Waals surface area contributed by atoms with Crippen LogP contribution in [-0.4, -0.2) is 83.6 Å². The molecule has 0 aliphatic carbocycles. The number of thiophene rings is 2. The number of aromatic carboxylic acids is 2. The van der Waals surface area contributed by atoms with Crippen LogP contribution in [-0.2, 0) is 26.2 Å². The van der Waals surface area contributed by atoms with E-state index >= 15 is 0 Å². The smallest absolute Gasteiger partial charge is 0.352 e. The minimum absolute atomic E-state index is 0.0751. The second-order valence-corrected chi connectivity index (χ2v) is 22.9. The Kier molecular flexibility index (Phi) is 16.5. The molecule has 0 bridgehead atoms. The topological polar surface area (TPSA) is 285 Å². The number of anilines is 2. The lowest BCUT2D eigenvalue weighted by Gasteiger charge is -2.18. The number of carboxylic acid groups (broad SMARTS) is 2. The van der Waals surface area contributed by atoms with E-state index in [9.17, 15) is 48.6 Å². The number of halogens is 2. The maximum absolute atomic E-state index is 13.2. The first-order chi connectivity index (χ1) is 35.3. The Labute approximate surface area is 448 Å². The van der Waals surface area contributed by atoms with Gasteiger partial charge in [-0.05, 0) is 54.4 Å². The average Bonchev–Trinajstić information content (AvgIpc) is 4.21. The van der Waals surface area contributed by atoms with E-state index in [4.69, 9.17) is 27.6 Å². The third-order valence-corrected chi connectivity index (χ3v) is 13.9. The van der Waals surface area contributed by atoms with Gasteiger partial charge in [0.25, 0.3) is 22.9 Å². The lowest BCUT2D eigenvalue weighted by Crippen LogP contribution is -2.30. The van der Waals surface area contributed by atoms with Crippen molar-refractivity contribution in [2.75, 3.05) is 10.6 Å². The molecule has 0 spiro atoms. The number of aryl methyl sites for hydroxylation is 1. The SMILES string of the molecule is CC(C)(C)C(=O)n1nc(-c2cc(C(=O)O)n(CC(=O)c3cnco3)c(=O)c2)cc1NCc1ccc(Cl)s1.Cc1cn(CC(=O)c2cnsc2)c(=O)c(C(=O)O)c1-c1cc(NCc2ccc(Cl)s2)n(C(=O)C(C)(C)C)n1. The maximum Gasteiger partial charge on any atom is 0.352 e. The largest absolute Gasteiger partial charge is 0.477 e. The number of hydrogen-bond acceptors (Lipinski definition) is 18. The molecule has 390 valence electrons. The van der Waals surface area contributed by atoms with Crippen molar-refractivity contribution in [1.29, 1.82) is 0 Å². The summed E-state index contributed by atoms with van der Waals surface area (Å²) in [7, 11) is 0. The molecule has 8 aromatic heterocycles. The van der Waals surface area contributed by atoms with Crippen molar-refractivity contribution in [3.05, 3.63) is 146 Å². The molecule has 0 aliphatic rings. The number of aromatic nitrogens is 8. The molecule has 0 aromatic carbocycles. The Balaban J connectivity index is 0.000000219. The zero-order chi connectivity index (χ0) is 54.7. The van der Waals surface area contributed by atoms with Gasteiger partial charge in [0.05, 0.1) is 64.2 Å². The molecule has 26 heteroatoms. The van der Waals surface area contributed by atoms with Crippen LogP contribution in [0.1, 0.15) is 108 Å². The summed E-state index contributed by atoms with van der Waals surface area (Å²) in [5.41, 5.74) is -2.78. The van der Waals surface area contributed by atoms with Crippen LogP contribution in [0, 0.1) is 17.8 Å². The quantitative estimate of drug-likeness (QED) is 0.0655. The molecule has 0 atom stereocenters. The normalized spacial score (nSPS) is 11.5. The summed E-state index contributed by atoms with van der Waals surface area (Å²) < 4.78 is 14.4. The molecule has 8 heterocycles. The second kappa shape index (κ2) is 22.5. The van der Waals surface area contributed by atoms with Gasteiger partial charge in [-0.1, -0.05) is 64.7 Å². The van der Waals surface area contributed by atoms with Crippen LogP contribution in [0.4, 0.5) is 11.6 Å². The second-order valence-electron chi connectivity index (χ2n) is 18.7. The maximum atomic E-state index is 13.2. The highest BCUT2D eigenvalue weighted by molar-refractivity contribution is 7.16. The highest BCUT2D eigenvalue weighted by Crippen LogP contribution is 2.32. The number of Topliss-reactive ketones (excluding diaryl/α,β-unsaturated/α-hetero) is 2. The van der Waals surface area contributed by atoms with Crippen LogP contribution in [0.15, 0.2) is 92.9 Å². The number of oxazole rings is 1. The van der Waals surface area contributed by atoms with Gasteiger partial charge < -0.3 is 29.8 Å². The van der Waals surface area contributed by atoms with Crippen LogP contribution in [0.3, 0.4) is 0 Å². The predicted molar refractivity (Wildman–Crippen MR) is 283 cm³/mol. The predicted octanol–water partition coefficient (Wildman–Crippen LogP) is 9.37. The first kappa shape index (κ1) is 55.1. The standard InChI is InChI=1S/C25H24ClN5O5S2.C24H22ClN5O6S/c1-13-10-30(11-17(32)14-8-28-37-12-14)22(33)21(23(34)35)20(13)16-7-19(27-9-15-5-6-18(26)38-15)31(29-16)24(36)25(2,3)4;1-24(2,3)23(35)30-20(27-9-14-4-5-19(25)37-14)8-15(28-30)13-6-16(22(33)34)29(21(32)7-13)11-17(31)18-10-26-12-36-18/h5-8,10,12,27H,9,11H2,1-4H3,(H,34,35);4-8,10,12,27H,9,11H2,1-3H3,(H,33,34). The first-order valence-corrected chi connectivity index (χ1v) is 25.6. The number of carbonyl (C=O) groups is 6. The van der Waals surface area contributed by atoms with Crippen molar-refractivity contribution >= 4 is 104 Å². The number of pyridine rings is 2. The van der Waals surface area contributed by atoms with Crippen LogP contribution < -0.4 is 21.8 Å². The van der Waals surface area contributed by atoms with E-state index in [-0.39, 0.29) is 52.4 Å². The number of hydrogen-bond donors (Lipinski definition) is 4. The van der Waals surface area contributed by atoms with E-state index in [0.29, 0.717) is 44.5 Å². The number of carboxylic acids is 2. The van der Waals surface area contributed by atoms with Crippen molar-refractivity contribution in [1.82, 2.24) is 38.1 Å². The number of nitrogens with one attached hydrogen (secondary N) is 2. The molecular weight excluding hydrogens is 1070 g/mol. The molecule has 0 radical (unpaired) electrons.